The maximum atomic E-state index is 12.2. The molecule has 0 radical (unpaired) electrons. The smallest absolute Gasteiger partial charge is 0.409 e. The van der Waals surface area contributed by atoms with Crippen molar-refractivity contribution in [1.29, 1.82) is 0 Å². The molecule has 2 amide bonds. The number of amides is 2. The number of nitrogens with one attached hydrogen (secondary N) is 2. The number of carbonyl (C=O) groups is 3. The molecule has 0 bridgehead atoms. The average molecular weight is 442 g/mol. The molecule has 0 aromatic heterocycles. The third-order valence-corrected chi connectivity index (χ3v) is 6.03. The van der Waals surface area contributed by atoms with Gasteiger partial charge in [0.1, 0.15) is 6.04 Å². The molecule has 10 nitrogen and oxygen atoms in total. The van der Waals surface area contributed by atoms with Crippen molar-refractivity contribution in [1.82, 2.24) is 14.9 Å². The van der Waals surface area contributed by atoms with Crippen LogP contribution in [-0.2, 0) is 29.1 Å². The molecule has 0 spiro atoms. The topological polar surface area (TPSA) is 131 Å². The van der Waals surface area contributed by atoms with Crippen LogP contribution in [0.2, 0.25) is 0 Å². The number of ether oxygens (including phenoxy) is 2. The predicted octanol–water partition coefficient (Wildman–Crippen LogP) is 0.634. The summed E-state index contributed by atoms with van der Waals surface area (Å²) in [6.45, 7) is 3.78. The third kappa shape index (κ3) is 6.99. The molecule has 166 valence electrons. The van der Waals surface area contributed by atoms with Gasteiger partial charge >= 0.3 is 12.1 Å². The third-order valence-electron chi connectivity index (χ3n) is 4.47. The molecule has 2 N–H and O–H groups in total. The fourth-order valence-electron chi connectivity index (χ4n) is 2.90. The van der Waals surface area contributed by atoms with Gasteiger partial charge < -0.3 is 19.7 Å². The highest BCUT2D eigenvalue weighted by molar-refractivity contribution is 7.89. The Hall–Kier alpha value is -2.66. The standard InChI is InChI=1S/C19H27N3O7S/c1-3-28-19(25)22-11-9-15(10-12-22)20-17(23)13-29-18(24)14(2)21-30(26,27)16-7-5-4-6-8-16/h4-8,14-15,21H,3,9-13H2,1-2H3,(H,20,23)/t14-/m0/s1. The summed E-state index contributed by atoms with van der Waals surface area (Å²) in [5.74, 6) is -1.35. The Balaban J connectivity index is 1.73. The van der Waals surface area contributed by atoms with E-state index in [2.05, 4.69) is 10.0 Å². The van der Waals surface area contributed by atoms with Crippen LogP contribution in [0.25, 0.3) is 0 Å². The summed E-state index contributed by atoms with van der Waals surface area (Å²) in [7, 11) is -3.88. The van der Waals surface area contributed by atoms with E-state index in [9.17, 15) is 22.8 Å². The van der Waals surface area contributed by atoms with Crippen molar-refractivity contribution in [2.45, 2.75) is 43.7 Å². The summed E-state index contributed by atoms with van der Waals surface area (Å²) in [6.07, 6.45) is 0.750. The highest BCUT2D eigenvalue weighted by Gasteiger charge is 2.26. The van der Waals surface area contributed by atoms with Crippen molar-refractivity contribution >= 4 is 28.0 Å². The van der Waals surface area contributed by atoms with Crippen molar-refractivity contribution < 1.29 is 32.3 Å². The monoisotopic (exact) mass is 441 g/mol. The van der Waals surface area contributed by atoms with E-state index in [0.29, 0.717) is 32.5 Å². The second-order valence-electron chi connectivity index (χ2n) is 6.79. The van der Waals surface area contributed by atoms with Gasteiger partial charge in [0, 0.05) is 19.1 Å². The van der Waals surface area contributed by atoms with Crippen molar-refractivity contribution in [3.8, 4) is 0 Å². The molecule has 0 saturated carbocycles. The predicted molar refractivity (Wildman–Crippen MR) is 107 cm³/mol. The molecule has 1 heterocycles. The summed E-state index contributed by atoms with van der Waals surface area (Å²) in [5.41, 5.74) is 0. The van der Waals surface area contributed by atoms with Crippen LogP contribution in [0.4, 0.5) is 4.79 Å². The highest BCUT2D eigenvalue weighted by atomic mass is 32.2. The minimum atomic E-state index is -3.88. The zero-order valence-electron chi connectivity index (χ0n) is 17.0. The fraction of sp³-hybridized carbons (Fsp3) is 0.526. The number of hydrogen-bond acceptors (Lipinski definition) is 7. The van der Waals surface area contributed by atoms with Crippen LogP contribution in [0.1, 0.15) is 26.7 Å². The number of carbonyl (C=O) groups excluding carboxylic acids is 3. The van der Waals surface area contributed by atoms with Gasteiger partial charge in [-0.05, 0) is 38.8 Å². The van der Waals surface area contributed by atoms with E-state index < -0.39 is 34.5 Å². The zero-order valence-corrected chi connectivity index (χ0v) is 17.8. The van der Waals surface area contributed by atoms with Gasteiger partial charge in [-0.1, -0.05) is 18.2 Å². The second-order valence-corrected chi connectivity index (χ2v) is 8.51. The van der Waals surface area contributed by atoms with Gasteiger partial charge in [-0.2, -0.15) is 4.72 Å². The number of sulfonamides is 1. The number of benzene rings is 1. The number of esters is 1. The maximum Gasteiger partial charge on any atom is 0.409 e. The number of piperidine rings is 1. The highest BCUT2D eigenvalue weighted by Crippen LogP contribution is 2.12. The van der Waals surface area contributed by atoms with E-state index in [4.69, 9.17) is 9.47 Å². The maximum absolute atomic E-state index is 12.2. The Morgan fingerprint density at radius 2 is 1.77 bits per heavy atom. The Bertz CT molecular complexity index is 837. The number of likely N-dealkylation sites (tertiary alicyclic amines) is 1. The van der Waals surface area contributed by atoms with E-state index >= 15 is 0 Å². The van der Waals surface area contributed by atoms with Crippen LogP contribution in [0, 0.1) is 0 Å². The first-order valence-electron chi connectivity index (χ1n) is 9.68. The Morgan fingerprint density at radius 1 is 1.13 bits per heavy atom. The zero-order chi connectivity index (χ0) is 22.1. The summed E-state index contributed by atoms with van der Waals surface area (Å²) >= 11 is 0. The lowest BCUT2D eigenvalue weighted by Gasteiger charge is -2.31. The lowest BCUT2D eigenvalue weighted by atomic mass is 10.1. The SMILES string of the molecule is CCOC(=O)N1CCC(NC(=O)COC(=O)[C@H](C)NS(=O)(=O)c2ccccc2)CC1. The Morgan fingerprint density at radius 3 is 2.37 bits per heavy atom. The lowest BCUT2D eigenvalue weighted by Crippen LogP contribution is -2.48. The lowest BCUT2D eigenvalue weighted by molar-refractivity contribution is -0.150. The molecule has 30 heavy (non-hydrogen) atoms. The molecule has 1 saturated heterocycles. The molecular weight excluding hydrogens is 414 g/mol. The van der Waals surface area contributed by atoms with Crippen molar-refractivity contribution in [2.75, 3.05) is 26.3 Å². The van der Waals surface area contributed by atoms with Crippen molar-refractivity contribution in [3.63, 3.8) is 0 Å². The van der Waals surface area contributed by atoms with E-state index in [0.717, 1.165) is 0 Å². The molecule has 1 aliphatic rings. The molecule has 1 aliphatic heterocycles. The van der Waals surface area contributed by atoms with Crippen molar-refractivity contribution in [3.05, 3.63) is 30.3 Å². The van der Waals surface area contributed by atoms with Crippen LogP contribution in [-0.4, -0.2) is 69.7 Å². The van der Waals surface area contributed by atoms with Gasteiger partial charge in [0.05, 0.1) is 11.5 Å². The molecule has 2 rings (SSSR count). The largest absolute Gasteiger partial charge is 0.454 e. The minimum Gasteiger partial charge on any atom is -0.454 e. The Labute approximate surface area is 176 Å². The summed E-state index contributed by atoms with van der Waals surface area (Å²) in [4.78, 5) is 37.3. The molecule has 1 atom stereocenters. The van der Waals surface area contributed by atoms with Gasteiger partial charge in [0.15, 0.2) is 6.61 Å². The number of hydrogen-bond donors (Lipinski definition) is 2. The van der Waals surface area contributed by atoms with Crippen LogP contribution in [0.5, 0.6) is 0 Å². The normalized spacial score (nSPS) is 15.9. The van der Waals surface area contributed by atoms with Crippen LogP contribution in [0.3, 0.4) is 0 Å². The second kappa shape index (κ2) is 10.9. The minimum absolute atomic E-state index is 0.0246. The van der Waals surface area contributed by atoms with Gasteiger partial charge in [0.25, 0.3) is 5.91 Å². The summed E-state index contributed by atoms with van der Waals surface area (Å²) in [6, 6.07) is 6.32. The van der Waals surface area contributed by atoms with Crippen molar-refractivity contribution in [2.24, 2.45) is 0 Å². The van der Waals surface area contributed by atoms with Crippen LogP contribution < -0.4 is 10.0 Å². The molecule has 1 fully saturated rings. The molecule has 0 aliphatic carbocycles. The number of rotatable bonds is 8. The Kier molecular flexibility index (Phi) is 8.60. The molecule has 1 aromatic carbocycles. The van der Waals surface area contributed by atoms with E-state index in [1.54, 1.807) is 30.0 Å². The quantitative estimate of drug-likeness (QED) is 0.566. The molecule has 11 heteroatoms. The fourth-order valence-corrected chi connectivity index (χ4v) is 4.11. The van der Waals surface area contributed by atoms with Gasteiger partial charge in [-0.15, -0.1) is 0 Å². The average Bonchev–Trinajstić information content (AvgIpc) is 2.73. The molecular formula is C19H27N3O7S. The van der Waals surface area contributed by atoms with Gasteiger partial charge in [-0.25, -0.2) is 13.2 Å². The van der Waals surface area contributed by atoms with Crippen LogP contribution in [0.15, 0.2) is 35.2 Å². The summed E-state index contributed by atoms with van der Waals surface area (Å²) in [5, 5.41) is 2.75. The molecule has 1 aromatic rings. The first kappa shape index (κ1) is 23.6. The first-order valence-corrected chi connectivity index (χ1v) is 11.2. The van der Waals surface area contributed by atoms with E-state index in [1.807, 2.05) is 0 Å². The first-order chi connectivity index (χ1) is 14.2. The van der Waals surface area contributed by atoms with Gasteiger partial charge in [-0.3, -0.25) is 9.59 Å². The van der Waals surface area contributed by atoms with Gasteiger partial charge in [0.2, 0.25) is 10.0 Å². The number of nitrogens with zero attached hydrogens (tertiary/aromatic N) is 1. The van der Waals surface area contributed by atoms with E-state index in [1.165, 1.54) is 19.1 Å². The molecule has 0 unspecified atom stereocenters. The summed E-state index contributed by atoms with van der Waals surface area (Å²) < 4.78 is 36.5. The van der Waals surface area contributed by atoms with Crippen LogP contribution >= 0.6 is 0 Å². The van der Waals surface area contributed by atoms with E-state index in [-0.39, 0.29) is 17.0 Å².